The number of benzene rings is 2. The topological polar surface area (TPSA) is 86.5 Å². The molecule has 122 valence electrons. The number of hydrogen-bond donors (Lipinski definition) is 1. The molecule has 0 aliphatic rings. The minimum atomic E-state index is -4.62. The highest BCUT2D eigenvalue weighted by Crippen LogP contribution is 2.32. The molecule has 0 radical (unpaired) electrons. The van der Waals surface area contributed by atoms with Crippen molar-refractivity contribution in [2.24, 2.45) is 5.73 Å². The summed E-state index contributed by atoms with van der Waals surface area (Å²) in [5.74, 6) is -1.22. The molecule has 23 heavy (non-hydrogen) atoms. The molecular formula is C14H10F3NO4S. The lowest BCUT2D eigenvalue weighted by atomic mass is 10.2. The van der Waals surface area contributed by atoms with Crippen molar-refractivity contribution in [2.75, 3.05) is 0 Å². The molecule has 9 heteroatoms. The molecule has 0 spiro atoms. The first kappa shape index (κ1) is 16.8. The van der Waals surface area contributed by atoms with Crippen molar-refractivity contribution in [3.05, 3.63) is 59.7 Å². The molecule has 0 atom stereocenters. The first-order valence-electron chi connectivity index (χ1n) is 6.11. The van der Waals surface area contributed by atoms with Crippen LogP contribution in [0.5, 0.6) is 5.75 Å². The van der Waals surface area contributed by atoms with E-state index in [1.807, 2.05) is 0 Å². The Kier molecular flexibility index (Phi) is 4.33. The SMILES string of the molecule is NC(=O)c1ccc(S(=O)(=O)Oc2cccc(C(F)(F)F)c2)cc1. The number of alkyl halides is 3. The van der Waals surface area contributed by atoms with Crippen LogP contribution in [-0.4, -0.2) is 14.3 Å². The van der Waals surface area contributed by atoms with Crippen LogP contribution in [-0.2, 0) is 16.3 Å². The molecule has 0 aliphatic carbocycles. The van der Waals surface area contributed by atoms with Crippen LogP contribution < -0.4 is 9.92 Å². The van der Waals surface area contributed by atoms with Gasteiger partial charge in [-0.2, -0.15) is 21.6 Å². The summed E-state index contributed by atoms with van der Waals surface area (Å²) < 4.78 is 66.5. The number of rotatable bonds is 4. The summed E-state index contributed by atoms with van der Waals surface area (Å²) in [6, 6.07) is 7.98. The number of amides is 1. The molecule has 5 nitrogen and oxygen atoms in total. The van der Waals surface area contributed by atoms with Crippen molar-refractivity contribution >= 4 is 16.0 Å². The normalized spacial score (nSPS) is 12.0. The van der Waals surface area contributed by atoms with Gasteiger partial charge in [0.1, 0.15) is 10.6 Å². The molecule has 0 aromatic heterocycles. The monoisotopic (exact) mass is 345 g/mol. The van der Waals surface area contributed by atoms with E-state index in [4.69, 9.17) is 5.73 Å². The van der Waals surface area contributed by atoms with Gasteiger partial charge in [0, 0.05) is 5.56 Å². The van der Waals surface area contributed by atoms with Gasteiger partial charge < -0.3 is 9.92 Å². The number of carbonyl (C=O) groups excluding carboxylic acids is 1. The molecule has 1 amide bonds. The average molecular weight is 345 g/mol. The van der Waals surface area contributed by atoms with Crippen molar-refractivity contribution in [1.82, 2.24) is 0 Å². The molecule has 0 bridgehead atoms. The quantitative estimate of drug-likeness (QED) is 0.863. The van der Waals surface area contributed by atoms with Crippen molar-refractivity contribution < 1.29 is 30.6 Å². The fourth-order valence-corrected chi connectivity index (χ4v) is 2.61. The Labute approximate surface area is 129 Å². The Morgan fingerprint density at radius 3 is 2.17 bits per heavy atom. The molecule has 0 aliphatic heterocycles. The van der Waals surface area contributed by atoms with Gasteiger partial charge in [0.2, 0.25) is 5.91 Å². The van der Waals surface area contributed by atoms with E-state index in [9.17, 15) is 26.4 Å². The zero-order valence-electron chi connectivity index (χ0n) is 11.4. The van der Waals surface area contributed by atoms with E-state index < -0.39 is 33.5 Å². The first-order valence-corrected chi connectivity index (χ1v) is 7.52. The predicted octanol–water partition coefficient (Wildman–Crippen LogP) is 2.57. The van der Waals surface area contributed by atoms with Crippen LogP contribution in [0.1, 0.15) is 15.9 Å². The van der Waals surface area contributed by atoms with Crippen LogP contribution in [0.25, 0.3) is 0 Å². The molecule has 2 aromatic carbocycles. The Balaban J connectivity index is 2.29. The first-order chi connectivity index (χ1) is 10.6. The molecule has 2 rings (SSSR count). The second-order valence-corrected chi connectivity index (χ2v) is 6.00. The van der Waals surface area contributed by atoms with Gasteiger partial charge in [-0.05, 0) is 42.5 Å². The zero-order chi connectivity index (χ0) is 17.3. The minimum absolute atomic E-state index is 0.0861. The van der Waals surface area contributed by atoms with E-state index in [1.165, 1.54) is 12.1 Å². The van der Waals surface area contributed by atoms with Crippen molar-refractivity contribution in [1.29, 1.82) is 0 Å². The average Bonchev–Trinajstić information content (AvgIpc) is 2.46. The molecule has 0 heterocycles. The molecule has 0 fully saturated rings. The fraction of sp³-hybridized carbons (Fsp3) is 0.0714. The zero-order valence-corrected chi connectivity index (χ0v) is 12.2. The van der Waals surface area contributed by atoms with Crippen LogP contribution in [0, 0.1) is 0 Å². The highest BCUT2D eigenvalue weighted by molar-refractivity contribution is 7.87. The summed E-state index contributed by atoms with van der Waals surface area (Å²) in [5.41, 5.74) is 4.08. The van der Waals surface area contributed by atoms with Crippen LogP contribution >= 0.6 is 0 Å². The van der Waals surface area contributed by atoms with E-state index in [0.717, 1.165) is 30.3 Å². The standard InChI is InChI=1S/C14H10F3NO4S/c15-14(16,17)10-2-1-3-11(8-10)22-23(20,21)12-6-4-9(5-7-12)13(18)19/h1-8H,(H2,18,19). The van der Waals surface area contributed by atoms with Gasteiger partial charge in [-0.15, -0.1) is 0 Å². The summed E-state index contributed by atoms with van der Waals surface area (Å²) in [7, 11) is -4.34. The maximum atomic E-state index is 12.6. The van der Waals surface area contributed by atoms with Crippen molar-refractivity contribution in [2.45, 2.75) is 11.1 Å². The van der Waals surface area contributed by atoms with E-state index in [0.29, 0.717) is 6.07 Å². The third-order valence-corrected chi connectivity index (χ3v) is 4.06. The van der Waals surface area contributed by atoms with Crippen molar-refractivity contribution in [3.63, 3.8) is 0 Å². The predicted molar refractivity (Wildman–Crippen MR) is 74.2 cm³/mol. The lowest BCUT2D eigenvalue weighted by molar-refractivity contribution is -0.137. The van der Waals surface area contributed by atoms with Crippen LogP contribution in [0.4, 0.5) is 13.2 Å². The Hall–Kier alpha value is -2.55. The highest BCUT2D eigenvalue weighted by Gasteiger charge is 2.31. The largest absolute Gasteiger partial charge is 0.416 e. The van der Waals surface area contributed by atoms with Gasteiger partial charge in [0.25, 0.3) is 0 Å². The van der Waals surface area contributed by atoms with Crippen LogP contribution in [0.15, 0.2) is 53.4 Å². The molecule has 2 aromatic rings. The van der Waals surface area contributed by atoms with Gasteiger partial charge in [-0.1, -0.05) is 6.07 Å². The summed E-state index contributed by atoms with van der Waals surface area (Å²) >= 11 is 0. The lowest BCUT2D eigenvalue weighted by Crippen LogP contribution is -2.13. The molecule has 0 saturated carbocycles. The van der Waals surface area contributed by atoms with Gasteiger partial charge in [-0.3, -0.25) is 4.79 Å². The van der Waals surface area contributed by atoms with Crippen molar-refractivity contribution in [3.8, 4) is 5.75 Å². The van der Waals surface area contributed by atoms with Crippen LogP contribution in [0.2, 0.25) is 0 Å². The van der Waals surface area contributed by atoms with E-state index in [-0.39, 0.29) is 10.5 Å². The Bertz CT molecular complexity index is 830. The molecule has 0 unspecified atom stereocenters. The van der Waals surface area contributed by atoms with E-state index >= 15 is 0 Å². The Morgan fingerprint density at radius 1 is 1.04 bits per heavy atom. The number of halogens is 3. The maximum Gasteiger partial charge on any atom is 0.416 e. The van der Waals surface area contributed by atoms with Gasteiger partial charge in [0.05, 0.1) is 5.56 Å². The second-order valence-electron chi connectivity index (χ2n) is 4.45. The summed E-state index contributed by atoms with van der Waals surface area (Å²) in [4.78, 5) is 10.6. The summed E-state index contributed by atoms with van der Waals surface area (Å²) in [6.45, 7) is 0. The van der Waals surface area contributed by atoms with Crippen LogP contribution in [0.3, 0.4) is 0 Å². The van der Waals surface area contributed by atoms with Gasteiger partial charge in [0.15, 0.2) is 0 Å². The number of carbonyl (C=O) groups is 1. The highest BCUT2D eigenvalue weighted by atomic mass is 32.2. The lowest BCUT2D eigenvalue weighted by Gasteiger charge is -2.10. The summed E-state index contributed by atoms with van der Waals surface area (Å²) in [5, 5.41) is 0. The number of primary amides is 1. The number of hydrogen-bond acceptors (Lipinski definition) is 4. The van der Waals surface area contributed by atoms with Gasteiger partial charge >= 0.3 is 16.3 Å². The fourth-order valence-electron chi connectivity index (χ4n) is 1.68. The number of nitrogens with two attached hydrogens (primary N) is 1. The third kappa shape index (κ3) is 4.01. The summed E-state index contributed by atoms with van der Waals surface area (Å²) in [6.07, 6.45) is -4.62. The molecule has 2 N–H and O–H groups in total. The van der Waals surface area contributed by atoms with Gasteiger partial charge in [-0.25, -0.2) is 0 Å². The minimum Gasteiger partial charge on any atom is -0.379 e. The van der Waals surface area contributed by atoms with E-state index in [1.54, 1.807) is 0 Å². The second kappa shape index (κ2) is 5.92. The Morgan fingerprint density at radius 2 is 1.65 bits per heavy atom. The smallest absolute Gasteiger partial charge is 0.379 e. The molecular weight excluding hydrogens is 335 g/mol. The third-order valence-electron chi connectivity index (χ3n) is 2.79. The molecule has 0 saturated heterocycles. The maximum absolute atomic E-state index is 12.6. The van der Waals surface area contributed by atoms with E-state index in [2.05, 4.69) is 4.18 Å².